The number of ether oxygens (including phenoxy) is 1. The van der Waals surface area contributed by atoms with Crippen LogP contribution in [-0.2, 0) is 17.8 Å². The quantitative estimate of drug-likeness (QED) is 0.912. The summed E-state index contributed by atoms with van der Waals surface area (Å²) in [5.74, 6) is 0.820. The van der Waals surface area contributed by atoms with Gasteiger partial charge in [-0.2, -0.15) is 0 Å². The van der Waals surface area contributed by atoms with Crippen LogP contribution < -0.4 is 15.4 Å². The van der Waals surface area contributed by atoms with E-state index in [-0.39, 0.29) is 18.0 Å². The minimum absolute atomic E-state index is 0.0258. The molecule has 0 saturated heterocycles. The van der Waals surface area contributed by atoms with Crippen molar-refractivity contribution in [2.24, 2.45) is 0 Å². The van der Waals surface area contributed by atoms with Crippen LogP contribution in [0.15, 0.2) is 48.5 Å². The molecule has 0 bridgehead atoms. The SMILES string of the molecule is COc1ccccc1C(C)NC(=O)C1Cc2ccccc2CN1. The zero-order chi connectivity index (χ0) is 16.2. The number of carbonyl (C=O) groups excluding carboxylic acids is 1. The maximum Gasteiger partial charge on any atom is 0.237 e. The van der Waals surface area contributed by atoms with Crippen LogP contribution in [0.4, 0.5) is 0 Å². The lowest BCUT2D eigenvalue weighted by atomic mass is 9.95. The lowest BCUT2D eigenvalue weighted by Crippen LogP contribution is -2.48. The second kappa shape index (κ2) is 6.84. The van der Waals surface area contributed by atoms with Crippen LogP contribution in [-0.4, -0.2) is 19.1 Å². The number of para-hydroxylation sites is 1. The van der Waals surface area contributed by atoms with Gasteiger partial charge in [-0.1, -0.05) is 42.5 Å². The molecule has 120 valence electrons. The normalized spacial score (nSPS) is 17.9. The number of nitrogens with one attached hydrogen (secondary N) is 2. The van der Waals surface area contributed by atoms with Crippen molar-refractivity contribution in [1.82, 2.24) is 10.6 Å². The van der Waals surface area contributed by atoms with Crippen LogP contribution in [0.3, 0.4) is 0 Å². The lowest BCUT2D eigenvalue weighted by molar-refractivity contribution is -0.124. The Bertz CT molecular complexity index is 699. The van der Waals surface area contributed by atoms with Gasteiger partial charge in [0.25, 0.3) is 0 Å². The van der Waals surface area contributed by atoms with E-state index < -0.39 is 0 Å². The number of fused-ring (bicyclic) bond motifs is 1. The number of hydrogen-bond acceptors (Lipinski definition) is 3. The molecule has 1 heterocycles. The first-order chi connectivity index (χ1) is 11.2. The highest BCUT2D eigenvalue weighted by atomic mass is 16.5. The van der Waals surface area contributed by atoms with E-state index in [2.05, 4.69) is 22.8 Å². The maximum atomic E-state index is 12.6. The van der Waals surface area contributed by atoms with Crippen LogP contribution in [0.5, 0.6) is 5.75 Å². The summed E-state index contributed by atoms with van der Waals surface area (Å²) >= 11 is 0. The highest BCUT2D eigenvalue weighted by Crippen LogP contribution is 2.24. The summed E-state index contributed by atoms with van der Waals surface area (Å²) in [5, 5.41) is 6.41. The van der Waals surface area contributed by atoms with Gasteiger partial charge in [0.05, 0.1) is 19.2 Å². The van der Waals surface area contributed by atoms with Gasteiger partial charge < -0.3 is 15.4 Å². The van der Waals surface area contributed by atoms with Gasteiger partial charge in [-0.25, -0.2) is 0 Å². The van der Waals surface area contributed by atoms with Crippen molar-refractivity contribution in [2.75, 3.05) is 7.11 Å². The number of amides is 1. The molecule has 1 amide bonds. The molecular weight excluding hydrogens is 288 g/mol. The average Bonchev–Trinajstić information content (AvgIpc) is 2.61. The van der Waals surface area contributed by atoms with Crippen molar-refractivity contribution >= 4 is 5.91 Å². The smallest absolute Gasteiger partial charge is 0.237 e. The van der Waals surface area contributed by atoms with Crippen molar-refractivity contribution in [3.8, 4) is 5.75 Å². The summed E-state index contributed by atoms with van der Waals surface area (Å²) in [4.78, 5) is 12.6. The monoisotopic (exact) mass is 310 g/mol. The summed E-state index contributed by atoms with van der Waals surface area (Å²) in [7, 11) is 1.65. The summed E-state index contributed by atoms with van der Waals surface area (Å²) in [6.45, 7) is 2.71. The average molecular weight is 310 g/mol. The first-order valence-corrected chi connectivity index (χ1v) is 7.92. The Kier molecular flexibility index (Phi) is 4.63. The first kappa shape index (κ1) is 15.6. The Balaban J connectivity index is 1.68. The molecule has 0 spiro atoms. The van der Waals surface area contributed by atoms with Crippen molar-refractivity contribution in [2.45, 2.75) is 32.0 Å². The van der Waals surface area contributed by atoms with E-state index in [1.54, 1.807) is 7.11 Å². The summed E-state index contributed by atoms with van der Waals surface area (Å²) in [6.07, 6.45) is 0.723. The molecule has 1 aliphatic heterocycles. The Labute approximate surface area is 136 Å². The van der Waals surface area contributed by atoms with Crippen LogP contribution >= 0.6 is 0 Å². The van der Waals surface area contributed by atoms with Gasteiger partial charge in [0.1, 0.15) is 5.75 Å². The van der Waals surface area contributed by atoms with E-state index in [1.807, 2.05) is 43.3 Å². The number of methoxy groups -OCH3 is 1. The Hall–Kier alpha value is -2.33. The van der Waals surface area contributed by atoms with Crippen LogP contribution in [0.1, 0.15) is 29.7 Å². The molecule has 4 nitrogen and oxygen atoms in total. The molecule has 3 rings (SSSR count). The predicted octanol–water partition coefficient (Wildman–Crippen LogP) is 2.59. The number of rotatable bonds is 4. The van der Waals surface area contributed by atoms with E-state index in [1.165, 1.54) is 11.1 Å². The highest BCUT2D eigenvalue weighted by Gasteiger charge is 2.25. The van der Waals surface area contributed by atoms with E-state index in [9.17, 15) is 4.79 Å². The Morgan fingerprint density at radius 2 is 1.87 bits per heavy atom. The molecule has 2 aromatic rings. The molecule has 0 aromatic heterocycles. The highest BCUT2D eigenvalue weighted by molar-refractivity contribution is 5.83. The third kappa shape index (κ3) is 3.37. The van der Waals surface area contributed by atoms with Crippen LogP contribution in [0.2, 0.25) is 0 Å². The molecule has 23 heavy (non-hydrogen) atoms. The molecular formula is C19H22N2O2. The second-order valence-electron chi connectivity index (χ2n) is 5.88. The van der Waals surface area contributed by atoms with Gasteiger partial charge in [0.2, 0.25) is 5.91 Å². The van der Waals surface area contributed by atoms with Gasteiger partial charge in [-0.3, -0.25) is 4.79 Å². The number of hydrogen-bond donors (Lipinski definition) is 2. The van der Waals surface area contributed by atoms with Gasteiger partial charge in [0.15, 0.2) is 0 Å². The third-order valence-corrected chi connectivity index (χ3v) is 4.36. The molecule has 0 aliphatic carbocycles. The molecule has 2 atom stereocenters. The Morgan fingerprint density at radius 3 is 2.65 bits per heavy atom. The lowest BCUT2D eigenvalue weighted by Gasteiger charge is -2.27. The van der Waals surface area contributed by atoms with Crippen molar-refractivity contribution in [1.29, 1.82) is 0 Å². The van der Waals surface area contributed by atoms with Crippen LogP contribution in [0.25, 0.3) is 0 Å². The number of carbonyl (C=O) groups is 1. The number of benzene rings is 2. The third-order valence-electron chi connectivity index (χ3n) is 4.36. The molecule has 0 radical (unpaired) electrons. The molecule has 0 saturated carbocycles. The van der Waals surface area contributed by atoms with Crippen molar-refractivity contribution in [3.05, 3.63) is 65.2 Å². The standard InChI is InChI=1S/C19H22N2O2/c1-13(16-9-5-6-10-18(16)23-2)21-19(22)17-11-14-7-3-4-8-15(14)12-20-17/h3-10,13,17,20H,11-12H2,1-2H3,(H,21,22). The fraction of sp³-hybridized carbons (Fsp3) is 0.316. The fourth-order valence-corrected chi connectivity index (χ4v) is 3.06. The van der Waals surface area contributed by atoms with Crippen LogP contribution in [0, 0.1) is 0 Å². The molecule has 2 aromatic carbocycles. The molecule has 4 heteroatoms. The molecule has 0 fully saturated rings. The zero-order valence-electron chi connectivity index (χ0n) is 13.5. The second-order valence-corrected chi connectivity index (χ2v) is 5.88. The van der Waals surface area contributed by atoms with Gasteiger partial charge >= 0.3 is 0 Å². The van der Waals surface area contributed by atoms with Gasteiger partial charge in [-0.05, 0) is 30.5 Å². The van der Waals surface area contributed by atoms with E-state index >= 15 is 0 Å². The largest absolute Gasteiger partial charge is 0.496 e. The van der Waals surface area contributed by atoms with E-state index in [0.29, 0.717) is 0 Å². The van der Waals surface area contributed by atoms with Crippen molar-refractivity contribution < 1.29 is 9.53 Å². The zero-order valence-corrected chi connectivity index (χ0v) is 13.5. The topological polar surface area (TPSA) is 50.4 Å². The maximum absolute atomic E-state index is 12.6. The Morgan fingerprint density at radius 1 is 1.17 bits per heavy atom. The van der Waals surface area contributed by atoms with Gasteiger partial charge in [-0.15, -0.1) is 0 Å². The summed E-state index contributed by atoms with van der Waals surface area (Å²) < 4.78 is 5.37. The minimum Gasteiger partial charge on any atom is -0.496 e. The first-order valence-electron chi connectivity index (χ1n) is 7.92. The van der Waals surface area contributed by atoms with E-state index in [0.717, 1.165) is 24.3 Å². The van der Waals surface area contributed by atoms with Crippen molar-refractivity contribution in [3.63, 3.8) is 0 Å². The summed E-state index contributed by atoms with van der Waals surface area (Å²) in [5.41, 5.74) is 3.50. The van der Waals surface area contributed by atoms with Gasteiger partial charge in [0, 0.05) is 12.1 Å². The fourth-order valence-electron chi connectivity index (χ4n) is 3.06. The molecule has 1 aliphatic rings. The molecule has 2 unspecified atom stereocenters. The summed E-state index contributed by atoms with van der Waals surface area (Å²) in [6, 6.07) is 15.7. The minimum atomic E-state index is -0.193. The van der Waals surface area contributed by atoms with E-state index in [4.69, 9.17) is 4.74 Å². The molecule has 2 N–H and O–H groups in total. The predicted molar refractivity (Wildman–Crippen MR) is 90.3 cm³/mol.